The second-order valence-electron chi connectivity index (χ2n) is 10.5. The lowest BCUT2D eigenvalue weighted by Crippen LogP contribution is -2.27. The summed E-state index contributed by atoms with van der Waals surface area (Å²) in [4.78, 5) is 25.0. The number of aliphatic imine (C=N–C) groups is 2. The van der Waals surface area contributed by atoms with Gasteiger partial charge in [-0.3, -0.25) is 15.0 Å². The van der Waals surface area contributed by atoms with E-state index in [1.807, 2.05) is 24.3 Å². The zero-order valence-corrected chi connectivity index (χ0v) is 21.4. The van der Waals surface area contributed by atoms with Crippen molar-refractivity contribution < 1.29 is 20.1 Å². The maximum atomic E-state index is 11.3. The van der Waals surface area contributed by atoms with E-state index in [2.05, 4.69) is 25.8 Å². The van der Waals surface area contributed by atoms with E-state index >= 15 is 0 Å². The van der Waals surface area contributed by atoms with Crippen molar-refractivity contribution in [3.05, 3.63) is 77.1 Å². The highest BCUT2D eigenvalue weighted by Gasteiger charge is 2.25. The molecule has 0 amide bonds. The molecule has 1 heterocycles. The molecular formula is C30H33N3O4. The lowest BCUT2D eigenvalue weighted by atomic mass is 9.83. The Labute approximate surface area is 217 Å². The van der Waals surface area contributed by atoms with Gasteiger partial charge in [0.1, 0.15) is 11.5 Å². The molecule has 192 valence electrons. The Balaban J connectivity index is 1.65. The monoisotopic (exact) mass is 499 g/mol. The molecule has 0 spiro atoms. The number of aromatic hydroxyl groups is 2. The van der Waals surface area contributed by atoms with Gasteiger partial charge in [-0.05, 0) is 71.8 Å². The Kier molecular flexibility index (Phi) is 7.71. The first-order valence-corrected chi connectivity index (χ1v) is 12.5. The predicted molar refractivity (Wildman–Crippen MR) is 146 cm³/mol. The summed E-state index contributed by atoms with van der Waals surface area (Å²) in [7, 11) is 0. The minimum atomic E-state index is -1.06. The van der Waals surface area contributed by atoms with E-state index in [1.54, 1.807) is 24.8 Å². The number of hydrogen-bond donors (Lipinski definition) is 3. The molecule has 7 nitrogen and oxygen atoms in total. The van der Waals surface area contributed by atoms with Crippen molar-refractivity contribution in [1.82, 2.24) is 4.98 Å². The third-order valence-electron chi connectivity index (χ3n) is 6.74. The molecule has 1 aliphatic carbocycles. The first kappa shape index (κ1) is 26.1. The van der Waals surface area contributed by atoms with Gasteiger partial charge < -0.3 is 15.3 Å². The van der Waals surface area contributed by atoms with E-state index < -0.39 is 5.97 Å². The summed E-state index contributed by atoms with van der Waals surface area (Å²) in [5.74, 6) is -0.851. The van der Waals surface area contributed by atoms with Crippen molar-refractivity contribution in [1.29, 1.82) is 0 Å². The van der Waals surface area contributed by atoms with Crippen LogP contribution in [0.2, 0.25) is 0 Å². The molecule has 1 aliphatic rings. The number of aromatic carboxylic acids is 1. The lowest BCUT2D eigenvalue weighted by molar-refractivity contribution is 0.0697. The number of nitrogens with zero attached hydrogens (tertiary/aromatic N) is 3. The van der Waals surface area contributed by atoms with Crippen molar-refractivity contribution in [3.8, 4) is 22.6 Å². The summed E-state index contributed by atoms with van der Waals surface area (Å²) < 4.78 is 0. The fourth-order valence-electron chi connectivity index (χ4n) is 4.62. The van der Waals surface area contributed by atoms with Crippen LogP contribution in [-0.2, 0) is 5.41 Å². The van der Waals surface area contributed by atoms with Gasteiger partial charge in [0.25, 0.3) is 0 Å². The molecule has 1 fully saturated rings. The van der Waals surface area contributed by atoms with Gasteiger partial charge in [-0.1, -0.05) is 33.6 Å². The van der Waals surface area contributed by atoms with Gasteiger partial charge in [-0.15, -0.1) is 0 Å². The molecule has 4 rings (SSSR count). The van der Waals surface area contributed by atoms with Crippen LogP contribution in [0.1, 0.15) is 73.5 Å². The highest BCUT2D eigenvalue weighted by atomic mass is 16.4. The second-order valence-corrected chi connectivity index (χ2v) is 10.5. The van der Waals surface area contributed by atoms with Crippen molar-refractivity contribution in [2.45, 2.75) is 64.0 Å². The molecule has 0 radical (unpaired) electrons. The number of carbonyl (C=O) groups is 1. The fraction of sp³-hybridized carbons (Fsp3) is 0.333. The number of carboxylic acid groups (broad SMARTS) is 1. The Morgan fingerprint density at radius 3 is 2.11 bits per heavy atom. The molecule has 1 aromatic heterocycles. The highest BCUT2D eigenvalue weighted by Crippen LogP contribution is 2.37. The van der Waals surface area contributed by atoms with Gasteiger partial charge in [0.15, 0.2) is 0 Å². The molecule has 0 aliphatic heterocycles. The number of hydrogen-bond acceptors (Lipinski definition) is 6. The van der Waals surface area contributed by atoms with Crippen LogP contribution < -0.4 is 0 Å². The van der Waals surface area contributed by atoms with Crippen molar-refractivity contribution >= 4 is 18.4 Å². The number of pyridine rings is 1. The minimum Gasteiger partial charge on any atom is -0.507 e. The Hall–Kier alpha value is -4.00. The molecule has 0 unspecified atom stereocenters. The van der Waals surface area contributed by atoms with Gasteiger partial charge in [0, 0.05) is 41.5 Å². The predicted octanol–water partition coefficient (Wildman–Crippen LogP) is 6.00. The van der Waals surface area contributed by atoms with E-state index in [9.17, 15) is 20.1 Å². The van der Waals surface area contributed by atoms with E-state index in [1.165, 1.54) is 18.2 Å². The molecule has 7 heteroatoms. The van der Waals surface area contributed by atoms with E-state index in [0.29, 0.717) is 11.1 Å². The van der Waals surface area contributed by atoms with Gasteiger partial charge in [0.2, 0.25) is 0 Å². The number of carboxylic acids is 1. The SMILES string of the molecule is CC(C)(C)c1cc(-c2ccncc2)cc(C=N[C@@H]2CCCC[C@H]2N=Cc2cc(C(=O)O)ccc2O)c1O. The van der Waals surface area contributed by atoms with E-state index in [4.69, 9.17) is 9.98 Å². The third-order valence-corrected chi connectivity index (χ3v) is 6.74. The van der Waals surface area contributed by atoms with Crippen molar-refractivity contribution in [2.24, 2.45) is 9.98 Å². The van der Waals surface area contributed by atoms with Crippen LogP contribution in [0.5, 0.6) is 11.5 Å². The van der Waals surface area contributed by atoms with Crippen LogP contribution in [0, 0.1) is 0 Å². The summed E-state index contributed by atoms with van der Waals surface area (Å²) in [6, 6.07) is 11.8. The molecule has 2 aromatic carbocycles. The van der Waals surface area contributed by atoms with Gasteiger partial charge in [-0.2, -0.15) is 0 Å². The normalized spacial score (nSPS) is 18.5. The van der Waals surface area contributed by atoms with Crippen LogP contribution >= 0.6 is 0 Å². The zero-order valence-electron chi connectivity index (χ0n) is 21.4. The summed E-state index contributed by atoms with van der Waals surface area (Å²) >= 11 is 0. The largest absolute Gasteiger partial charge is 0.507 e. The Bertz CT molecular complexity index is 1330. The molecule has 2 atom stereocenters. The molecular weight excluding hydrogens is 466 g/mol. The third kappa shape index (κ3) is 6.23. The molecule has 3 N–H and O–H groups in total. The first-order valence-electron chi connectivity index (χ1n) is 12.5. The average Bonchev–Trinajstić information content (AvgIpc) is 2.87. The molecule has 3 aromatic rings. The standard InChI is InChI=1S/C30H33N3O4/c1-30(2,3)24-16-21(19-10-12-31-13-11-19)15-23(28(24)35)18-33-26-7-5-4-6-25(26)32-17-22-14-20(29(36)37)8-9-27(22)34/h8-18,25-26,34-35H,4-7H2,1-3H3,(H,36,37)/t25-,26-/m1/s1. The van der Waals surface area contributed by atoms with Crippen LogP contribution in [-0.4, -0.2) is 50.8 Å². The highest BCUT2D eigenvalue weighted by molar-refractivity contribution is 5.92. The lowest BCUT2D eigenvalue weighted by Gasteiger charge is -2.26. The van der Waals surface area contributed by atoms with Crippen molar-refractivity contribution in [3.63, 3.8) is 0 Å². The van der Waals surface area contributed by atoms with Crippen LogP contribution in [0.3, 0.4) is 0 Å². The molecule has 0 saturated heterocycles. The maximum Gasteiger partial charge on any atom is 0.335 e. The van der Waals surface area contributed by atoms with Gasteiger partial charge in [0.05, 0.1) is 17.6 Å². The first-order chi connectivity index (χ1) is 17.6. The molecule has 0 bridgehead atoms. The van der Waals surface area contributed by atoms with E-state index in [0.717, 1.165) is 42.4 Å². The van der Waals surface area contributed by atoms with Crippen LogP contribution in [0.4, 0.5) is 0 Å². The quantitative estimate of drug-likeness (QED) is 0.360. The maximum absolute atomic E-state index is 11.3. The Morgan fingerprint density at radius 1 is 0.892 bits per heavy atom. The van der Waals surface area contributed by atoms with Crippen LogP contribution in [0.15, 0.2) is 64.8 Å². The topological polar surface area (TPSA) is 115 Å². The van der Waals surface area contributed by atoms with E-state index in [-0.39, 0.29) is 34.6 Å². The van der Waals surface area contributed by atoms with Crippen molar-refractivity contribution in [2.75, 3.05) is 0 Å². The minimum absolute atomic E-state index is 0.0165. The smallest absolute Gasteiger partial charge is 0.335 e. The van der Waals surface area contributed by atoms with Crippen LogP contribution in [0.25, 0.3) is 11.1 Å². The average molecular weight is 500 g/mol. The zero-order chi connectivity index (χ0) is 26.6. The number of rotatable bonds is 6. The molecule has 1 saturated carbocycles. The summed E-state index contributed by atoms with van der Waals surface area (Å²) in [6.45, 7) is 6.21. The Morgan fingerprint density at radius 2 is 1.51 bits per heavy atom. The van der Waals surface area contributed by atoms with Gasteiger partial charge in [-0.25, -0.2) is 4.79 Å². The molecule has 37 heavy (non-hydrogen) atoms. The summed E-state index contributed by atoms with van der Waals surface area (Å²) in [5, 5.41) is 30.5. The number of phenols is 2. The number of aromatic nitrogens is 1. The number of phenolic OH excluding ortho intramolecular Hbond substituents is 2. The van der Waals surface area contributed by atoms with Gasteiger partial charge >= 0.3 is 5.97 Å². The fourth-order valence-corrected chi connectivity index (χ4v) is 4.62. The number of benzene rings is 2. The summed E-state index contributed by atoms with van der Waals surface area (Å²) in [6.07, 6.45) is 10.5. The second kappa shape index (κ2) is 10.9. The summed E-state index contributed by atoms with van der Waals surface area (Å²) in [5.41, 5.74) is 3.69.